The third-order valence-corrected chi connectivity index (χ3v) is 4.30. The fraction of sp³-hybridized carbons (Fsp3) is 0.556. The van der Waals surface area contributed by atoms with Gasteiger partial charge in [-0.25, -0.2) is 0 Å². The molecular weight excluding hydrogens is 345 g/mol. The van der Waals surface area contributed by atoms with Crippen LogP contribution in [0.5, 0.6) is 0 Å². The van der Waals surface area contributed by atoms with Crippen LogP contribution >= 0.6 is 0 Å². The first-order chi connectivity index (χ1) is 12.4. The molecule has 0 spiro atoms. The number of aliphatic imine (C=N–C) groups is 1. The van der Waals surface area contributed by atoms with Gasteiger partial charge in [-0.15, -0.1) is 0 Å². The molecule has 0 radical (unpaired) electrons. The van der Waals surface area contributed by atoms with Crippen LogP contribution < -0.4 is 16.0 Å². The number of anilines is 1. The van der Waals surface area contributed by atoms with Gasteiger partial charge in [0.25, 0.3) is 0 Å². The van der Waals surface area contributed by atoms with Gasteiger partial charge in [0.15, 0.2) is 5.96 Å². The van der Waals surface area contributed by atoms with Crippen LogP contribution in [0.3, 0.4) is 0 Å². The lowest BCUT2D eigenvalue weighted by Crippen LogP contribution is -2.38. The highest BCUT2D eigenvalue weighted by atomic mass is 19.4. The van der Waals surface area contributed by atoms with Gasteiger partial charge in [-0.05, 0) is 30.5 Å². The van der Waals surface area contributed by atoms with Gasteiger partial charge in [-0.2, -0.15) is 13.2 Å². The Morgan fingerprint density at radius 1 is 1.23 bits per heavy atom. The number of amides is 1. The summed E-state index contributed by atoms with van der Waals surface area (Å²) < 4.78 is 36.6. The van der Waals surface area contributed by atoms with Crippen LogP contribution in [0, 0.1) is 5.92 Å². The Morgan fingerprint density at radius 2 is 1.96 bits per heavy atom. The first-order valence-electron chi connectivity index (χ1n) is 8.78. The summed E-state index contributed by atoms with van der Waals surface area (Å²) in [6.45, 7) is 0.152. The van der Waals surface area contributed by atoms with E-state index in [2.05, 4.69) is 20.9 Å². The number of carbonyl (C=O) groups excluding carboxylic acids is 1. The lowest BCUT2D eigenvalue weighted by molar-refractivity contribution is -0.132. The lowest BCUT2D eigenvalue weighted by Gasteiger charge is -2.14. The van der Waals surface area contributed by atoms with E-state index in [0.717, 1.165) is 36.9 Å². The molecule has 1 fully saturated rings. The van der Waals surface area contributed by atoms with Crippen molar-refractivity contribution in [3.8, 4) is 0 Å². The summed E-state index contributed by atoms with van der Waals surface area (Å²) in [7, 11) is 1.50. The monoisotopic (exact) mass is 370 g/mol. The number of hydrogen-bond acceptors (Lipinski definition) is 2. The van der Waals surface area contributed by atoms with E-state index < -0.39 is 12.6 Å². The fourth-order valence-corrected chi connectivity index (χ4v) is 2.92. The third kappa shape index (κ3) is 6.93. The smallest absolute Gasteiger partial charge is 0.356 e. The summed E-state index contributed by atoms with van der Waals surface area (Å²) in [5.41, 5.74) is 1.62. The molecular formula is C18H25F3N4O. The van der Waals surface area contributed by atoms with Crippen molar-refractivity contribution in [2.75, 3.05) is 18.9 Å². The number of benzene rings is 1. The summed E-state index contributed by atoms with van der Waals surface area (Å²) >= 11 is 0. The molecule has 0 bridgehead atoms. The molecule has 0 atom stereocenters. The maximum Gasteiger partial charge on any atom is 0.390 e. The topological polar surface area (TPSA) is 65.5 Å². The summed E-state index contributed by atoms with van der Waals surface area (Å²) in [5, 5.41) is 8.53. The van der Waals surface area contributed by atoms with Crippen molar-refractivity contribution in [2.24, 2.45) is 10.9 Å². The number of halogens is 3. The molecule has 1 aliphatic rings. The van der Waals surface area contributed by atoms with Gasteiger partial charge >= 0.3 is 6.18 Å². The largest absolute Gasteiger partial charge is 0.390 e. The van der Waals surface area contributed by atoms with Crippen molar-refractivity contribution >= 4 is 17.6 Å². The number of rotatable bonds is 6. The van der Waals surface area contributed by atoms with Crippen LogP contribution in [0.15, 0.2) is 29.3 Å². The molecule has 0 saturated heterocycles. The minimum absolute atomic E-state index is 0.0530. The molecule has 1 aromatic carbocycles. The SMILES string of the molecule is CN=C(NCCC(F)(F)F)NCc1cccc(NC(=O)C2CCCC2)c1. The predicted molar refractivity (Wildman–Crippen MR) is 95.9 cm³/mol. The predicted octanol–water partition coefficient (Wildman–Crippen LogP) is 3.43. The molecule has 2 rings (SSSR count). The molecule has 3 N–H and O–H groups in total. The minimum atomic E-state index is -4.20. The highest BCUT2D eigenvalue weighted by Gasteiger charge is 2.26. The number of carbonyl (C=O) groups is 1. The van der Waals surface area contributed by atoms with Gasteiger partial charge < -0.3 is 16.0 Å². The Labute approximate surface area is 151 Å². The van der Waals surface area contributed by atoms with Crippen LogP contribution in [-0.2, 0) is 11.3 Å². The maximum absolute atomic E-state index is 12.2. The zero-order valence-corrected chi connectivity index (χ0v) is 14.8. The Balaban J connectivity index is 1.82. The summed E-state index contributed by atoms with van der Waals surface area (Å²) in [4.78, 5) is 16.1. The van der Waals surface area contributed by atoms with Crippen LogP contribution in [0.1, 0.15) is 37.7 Å². The highest BCUT2D eigenvalue weighted by Crippen LogP contribution is 2.26. The van der Waals surface area contributed by atoms with Gasteiger partial charge in [0.05, 0.1) is 6.42 Å². The Bertz CT molecular complexity index is 625. The summed E-state index contributed by atoms with van der Waals surface area (Å²) in [5.74, 6) is 0.445. The van der Waals surface area contributed by atoms with E-state index >= 15 is 0 Å². The van der Waals surface area contributed by atoms with Crippen molar-refractivity contribution in [3.05, 3.63) is 29.8 Å². The number of alkyl halides is 3. The minimum Gasteiger partial charge on any atom is -0.356 e. The van der Waals surface area contributed by atoms with E-state index in [1.807, 2.05) is 24.3 Å². The second-order valence-electron chi connectivity index (χ2n) is 6.39. The third-order valence-electron chi connectivity index (χ3n) is 4.30. The second kappa shape index (κ2) is 9.45. The Morgan fingerprint density at radius 3 is 2.62 bits per heavy atom. The van der Waals surface area contributed by atoms with Crippen molar-refractivity contribution in [3.63, 3.8) is 0 Å². The average Bonchev–Trinajstić information content (AvgIpc) is 3.12. The van der Waals surface area contributed by atoms with E-state index in [4.69, 9.17) is 0 Å². The molecule has 1 aliphatic carbocycles. The number of nitrogens with zero attached hydrogens (tertiary/aromatic N) is 1. The van der Waals surface area contributed by atoms with Crippen LogP contribution in [0.4, 0.5) is 18.9 Å². The molecule has 1 aromatic rings. The first-order valence-corrected chi connectivity index (χ1v) is 8.78. The van der Waals surface area contributed by atoms with E-state index in [-0.39, 0.29) is 18.4 Å². The zero-order chi connectivity index (χ0) is 19.0. The fourth-order valence-electron chi connectivity index (χ4n) is 2.92. The van der Waals surface area contributed by atoms with Crippen molar-refractivity contribution < 1.29 is 18.0 Å². The average molecular weight is 370 g/mol. The second-order valence-corrected chi connectivity index (χ2v) is 6.39. The molecule has 0 aliphatic heterocycles. The summed E-state index contributed by atoms with van der Waals surface area (Å²) in [6.07, 6.45) is -1.04. The van der Waals surface area contributed by atoms with Crippen molar-refractivity contribution in [1.82, 2.24) is 10.6 Å². The van der Waals surface area contributed by atoms with Gasteiger partial charge in [0.2, 0.25) is 5.91 Å². The maximum atomic E-state index is 12.2. The molecule has 26 heavy (non-hydrogen) atoms. The normalized spacial score (nSPS) is 15.8. The molecule has 1 amide bonds. The quantitative estimate of drug-likeness (QED) is 0.531. The number of guanidine groups is 1. The highest BCUT2D eigenvalue weighted by molar-refractivity contribution is 5.92. The Hall–Kier alpha value is -2.25. The first kappa shape index (κ1) is 20.1. The molecule has 8 heteroatoms. The standard InChI is InChI=1S/C18H25F3N4O/c1-22-17(23-10-9-18(19,20)21)24-12-13-5-4-8-15(11-13)25-16(26)14-6-2-3-7-14/h4-5,8,11,14H,2-3,6-7,9-10,12H2,1H3,(H,25,26)(H2,22,23,24). The molecule has 0 aromatic heterocycles. The molecule has 5 nitrogen and oxygen atoms in total. The van der Waals surface area contributed by atoms with E-state index in [0.29, 0.717) is 12.5 Å². The number of nitrogens with one attached hydrogen (secondary N) is 3. The zero-order valence-electron chi connectivity index (χ0n) is 14.8. The van der Waals surface area contributed by atoms with Gasteiger partial charge in [0, 0.05) is 31.7 Å². The van der Waals surface area contributed by atoms with Gasteiger partial charge in [-0.3, -0.25) is 9.79 Å². The molecule has 0 heterocycles. The lowest BCUT2D eigenvalue weighted by atomic mass is 10.1. The van der Waals surface area contributed by atoms with E-state index in [1.165, 1.54) is 7.05 Å². The Kier molecular flexibility index (Phi) is 7.29. The summed E-state index contributed by atoms with van der Waals surface area (Å²) in [6, 6.07) is 7.39. The molecule has 144 valence electrons. The van der Waals surface area contributed by atoms with Crippen LogP contribution in [-0.4, -0.2) is 31.6 Å². The van der Waals surface area contributed by atoms with Gasteiger partial charge in [-0.1, -0.05) is 25.0 Å². The molecule has 1 saturated carbocycles. The van der Waals surface area contributed by atoms with E-state index in [9.17, 15) is 18.0 Å². The van der Waals surface area contributed by atoms with Crippen molar-refractivity contribution in [2.45, 2.75) is 44.8 Å². The molecule has 0 unspecified atom stereocenters. The van der Waals surface area contributed by atoms with E-state index in [1.54, 1.807) is 0 Å². The number of hydrogen-bond donors (Lipinski definition) is 3. The van der Waals surface area contributed by atoms with Crippen LogP contribution in [0.25, 0.3) is 0 Å². The van der Waals surface area contributed by atoms with Crippen molar-refractivity contribution in [1.29, 1.82) is 0 Å². The van der Waals surface area contributed by atoms with Gasteiger partial charge in [0.1, 0.15) is 0 Å². The van der Waals surface area contributed by atoms with Crippen LogP contribution in [0.2, 0.25) is 0 Å².